The number of likely N-dealkylation sites (N-methyl/N-ethyl adjacent to an activating group) is 1. The van der Waals surface area contributed by atoms with Crippen LogP contribution in [0.5, 0.6) is 0 Å². The zero-order chi connectivity index (χ0) is 14.4. The van der Waals surface area contributed by atoms with Crippen LogP contribution in [-0.2, 0) is 9.59 Å². The van der Waals surface area contributed by atoms with Gasteiger partial charge in [0.25, 0.3) is 0 Å². The van der Waals surface area contributed by atoms with Crippen molar-refractivity contribution in [1.29, 1.82) is 0 Å². The van der Waals surface area contributed by atoms with Gasteiger partial charge in [-0.2, -0.15) is 0 Å². The number of piperidine rings is 1. The molecule has 2 amide bonds. The molecule has 1 heterocycles. The number of hydrogen-bond donors (Lipinski definition) is 1. The first kappa shape index (κ1) is 16.0. The monoisotopic (exact) mass is 269 g/mol. The molecule has 1 aliphatic rings. The fourth-order valence-corrected chi connectivity index (χ4v) is 2.49. The lowest BCUT2D eigenvalue weighted by molar-refractivity contribution is -0.143. The van der Waals surface area contributed by atoms with Gasteiger partial charge in [0.2, 0.25) is 11.8 Å². The fourth-order valence-electron chi connectivity index (χ4n) is 2.49. The van der Waals surface area contributed by atoms with Crippen molar-refractivity contribution in [3.05, 3.63) is 0 Å². The zero-order valence-corrected chi connectivity index (χ0v) is 12.6. The summed E-state index contributed by atoms with van der Waals surface area (Å²) in [7, 11) is 0. The lowest BCUT2D eigenvalue weighted by Gasteiger charge is -2.34. The summed E-state index contributed by atoms with van der Waals surface area (Å²) in [5.41, 5.74) is 0. The Bertz CT molecular complexity index is 314. The molecule has 1 unspecified atom stereocenters. The van der Waals surface area contributed by atoms with Gasteiger partial charge in [-0.25, -0.2) is 0 Å². The van der Waals surface area contributed by atoms with E-state index in [0.29, 0.717) is 19.6 Å². The number of hydrogen-bond acceptors (Lipinski definition) is 3. The Balaban J connectivity index is 2.58. The number of carbonyl (C=O) groups is 2. The van der Waals surface area contributed by atoms with Gasteiger partial charge in [0.15, 0.2) is 0 Å². The summed E-state index contributed by atoms with van der Waals surface area (Å²) in [5, 5.41) is 3.28. The van der Waals surface area contributed by atoms with Crippen LogP contribution in [0.25, 0.3) is 0 Å². The molecular formula is C14H27N3O2. The fraction of sp³-hybridized carbons (Fsp3) is 0.857. The molecule has 0 aromatic rings. The molecule has 1 atom stereocenters. The zero-order valence-electron chi connectivity index (χ0n) is 12.6. The number of amides is 2. The molecule has 19 heavy (non-hydrogen) atoms. The van der Waals surface area contributed by atoms with Crippen LogP contribution in [0.1, 0.15) is 40.5 Å². The van der Waals surface area contributed by atoms with E-state index < -0.39 is 0 Å². The van der Waals surface area contributed by atoms with Gasteiger partial charge in [-0.05, 0) is 26.7 Å². The Morgan fingerprint density at radius 1 is 1.42 bits per heavy atom. The van der Waals surface area contributed by atoms with E-state index in [2.05, 4.69) is 5.32 Å². The van der Waals surface area contributed by atoms with Gasteiger partial charge in [-0.1, -0.05) is 13.8 Å². The van der Waals surface area contributed by atoms with Crippen molar-refractivity contribution in [2.24, 2.45) is 0 Å². The largest absolute Gasteiger partial charge is 0.342 e. The number of nitrogens with one attached hydrogen (secondary N) is 1. The van der Waals surface area contributed by atoms with Crippen LogP contribution >= 0.6 is 0 Å². The minimum absolute atomic E-state index is 0.0450. The average molecular weight is 269 g/mol. The standard InChI is InChI=1S/C14H27N3O2/c1-5-16(6-2)13(18)10-17-9-7-8-12(14(17)19)15-11(3)4/h11-12,15H,5-10H2,1-4H3. The Hall–Kier alpha value is -1.10. The molecule has 1 rings (SSSR count). The van der Waals surface area contributed by atoms with E-state index in [0.717, 1.165) is 12.8 Å². The molecule has 0 spiro atoms. The Labute approximate surface area is 116 Å². The van der Waals surface area contributed by atoms with Crippen molar-refractivity contribution in [3.63, 3.8) is 0 Å². The molecule has 1 aliphatic heterocycles. The number of rotatable bonds is 6. The molecular weight excluding hydrogens is 242 g/mol. The molecule has 0 aromatic heterocycles. The Morgan fingerprint density at radius 2 is 2.05 bits per heavy atom. The number of nitrogens with zero attached hydrogens (tertiary/aromatic N) is 2. The van der Waals surface area contributed by atoms with Crippen molar-refractivity contribution >= 4 is 11.8 Å². The molecule has 110 valence electrons. The molecule has 5 nitrogen and oxygen atoms in total. The van der Waals surface area contributed by atoms with E-state index in [1.165, 1.54) is 0 Å². The minimum atomic E-state index is -0.127. The first-order valence-corrected chi connectivity index (χ1v) is 7.32. The van der Waals surface area contributed by atoms with Gasteiger partial charge in [-0.3, -0.25) is 9.59 Å². The highest BCUT2D eigenvalue weighted by molar-refractivity contribution is 5.88. The summed E-state index contributed by atoms with van der Waals surface area (Å²) in [6.45, 7) is 10.3. The van der Waals surface area contributed by atoms with Crippen molar-refractivity contribution in [1.82, 2.24) is 15.1 Å². The molecule has 0 bridgehead atoms. The summed E-state index contributed by atoms with van der Waals surface area (Å²) in [6, 6.07) is 0.158. The lowest BCUT2D eigenvalue weighted by atomic mass is 10.0. The van der Waals surface area contributed by atoms with E-state index in [4.69, 9.17) is 0 Å². The average Bonchev–Trinajstić information content (AvgIpc) is 2.35. The van der Waals surface area contributed by atoms with E-state index >= 15 is 0 Å². The van der Waals surface area contributed by atoms with Crippen LogP contribution in [0, 0.1) is 0 Å². The first-order valence-electron chi connectivity index (χ1n) is 7.32. The maximum Gasteiger partial charge on any atom is 0.242 e. The van der Waals surface area contributed by atoms with Crippen LogP contribution in [0.3, 0.4) is 0 Å². The molecule has 5 heteroatoms. The summed E-state index contributed by atoms with van der Waals surface area (Å²) in [4.78, 5) is 27.8. The molecule has 0 aromatic carbocycles. The Morgan fingerprint density at radius 3 is 2.58 bits per heavy atom. The van der Waals surface area contributed by atoms with Crippen molar-refractivity contribution in [2.45, 2.75) is 52.6 Å². The molecule has 0 saturated carbocycles. The van der Waals surface area contributed by atoms with Crippen LogP contribution in [0.2, 0.25) is 0 Å². The summed E-state index contributed by atoms with van der Waals surface area (Å²) in [5.74, 6) is 0.115. The van der Waals surface area contributed by atoms with Crippen LogP contribution in [0.15, 0.2) is 0 Å². The van der Waals surface area contributed by atoms with Crippen LogP contribution < -0.4 is 5.32 Å². The van der Waals surface area contributed by atoms with Gasteiger partial charge in [0.05, 0.1) is 12.6 Å². The second-order valence-electron chi connectivity index (χ2n) is 5.34. The highest BCUT2D eigenvalue weighted by Crippen LogP contribution is 2.12. The third-order valence-electron chi connectivity index (χ3n) is 3.51. The van der Waals surface area contributed by atoms with Gasteiger partial charge in [0, 0.05) is 25.7 Å². The molecule has 1 saturated heterocycles. The maximum atomic E-state index is 12.3. The van der Waals surface area contributed by atoms with E-state index in [1.54, 1.807) is 9.80 Å². The predicted octanol–water partition coefficient (Wildman–Crippen LogP) is 0.844. The number of likely N-dealkylation sites (tertiary alicyclic amines) is 1. The molecule has 0 aliphatic carbocycles. The smallest absolute Gasteiger partial charge is 0.242 e. The molecule has 1 N–H and O–H groups in total. The van der Waals surface area contributed by atoms with E-state index in [9.17, 15) is 9.59 Å². The summed E-state index contributed by atoms with van der Waals surface area (Å²) < 4.78 is 0. The van der Waals surface area contributed by atoms with Gasteiger partial charge >= 0.3 is 0 Å². The second-order valence-corrected chi connectivity index (χ2v) is 5.34. The first-order chi connectivity index (χ1) is 8.99. The van der Waals surface area contributed by atoms with E-state index in [-0.39, 0.29) is 30.4 Å². The third kappa shape index (κ3) is 4.49. The second kappa shape index (κ2) is 7.48. The SMILES string of the molecule is CCN(CC)C(=O)CN1CCCC(NC(C)C)C1=O. The quantitative estimate of drug-likeness (QED) is 0.777. The minimum Gasteiger partial charge on any atom is -0.342 e. The topological polar surface area (TPSA) is 52.7 Å². The number of carbonyl (C=O) groups excluding carboxylic acids is 2. The van der Waals surface area contributed by atoms with Gasteiger partial charge < -0.3 is 15.1 Å². The van der Waals surface area contributed by atoms with E-state index in [1.807, 2.05) is 27.7 Å². The summed E-state index contributed by atoms with van der Waals surface area (Å²) in [6.07, 6.45) is 1.83. The Kier molecular flexibility index (Phi) is 6.28. The highest BCUT2D eigenvalue weighted by Gasteiger charge is 2.30. The van der Waals surface area contributed by atoms with Crippen molar-refractivity contribution < 1.29 is 9.59 Å². The highest BCUT2D eigenvalue weighted by atomic mass is 16.2. The molecule has 1 fully saturated rings. The van der Waals surface area contributed by atoms with Crippen LogP contribution in [-0.4, -0.2) is 59.9 Å². The van der Waals surface area contributed by atoms with Crippen molar-refractivity contribution in [2.75, 3.05) is 26.2 Å². The lowest BCUT2D eigenvalue weighted by Crippen LogP contribution is -2.54. The third-order valence-corrected chi connectivity index (χ3v) is 3.51. The predicted molar refractivity (Wildman–Crippen MR) is 75.8 cm³/mol. The normalized spacial score (nSPS) is 19.9. The maximum absolute atomic E-state index is 12.3. The molecule has 0 radical (unpaired) electrons. The van der Waals surface area contributed by atoms with Crippen molar-refractivity contribution in [3.8, 4) is 0 Å². The summed E-state index contributed by atoms with van der Waals surface area (Å²) >= 11 is 0. The van der Waals surface area contributed by atoms with Gasteiger partial charge in [-0.15, -0.1) is 0 Å². The van der Waals surface area contributed by atoms with Gasteiger partial charge in [0.1, 0.15) is 0 Å². The van der Waals surface area contributed by atoms with Crippen LogP contribution in [0.4, 0.5) is 0 Å².